The summed E-state index contributed by atoms with van der Waals surface area (Å²) in [6.45, 7) is 7.12. The molecule has 2 nitrogen and oxygen atoms in total. The van der Waals surface area contributed by atoms with Crippen molar-refractivity contribution in [3.8, 4) is 11.1 Å². The summed E-state index contributed by atoms with van der Waals surface area (Å²) >= 11 is 0. The highest BCUT2D eigenvalue weighted by Gasteiger charge is 2.35. The Kier molecular flexibility index (Phi) is 5.40. The van der Waals surface area contributed by atoms with Crippen molar-refractivity contribution < 1.29 is 9.13 Å². The minimum Gasteiger partial charge on any atom is -0.475 e. The van der Waals surface area contributed by atoms with Crippen molar-refractivity contribution >= 4 is 5.90 Å². The summed E-state index contributed by atoms with van der Waals surface area (Å²) in [5.41, 5.74) is 3.53. The summed E-state index contributed by atoms with van der Waals surface area (Å²) in [7, 11) is 0. The molecular weight excluding hydrogens is 385 g/mol. The van der Waals surface area contributed by atoms with Crippen LogP contribution in [0.25, 0.3) is 11.1 Å². The lowest BCUT2D eigenvalue weighted by Crippen LogP contribution is -2.29. The van der Waals surface area contributed by atoms with Gasteiger partial charge in [0, 0.05) is 11.1 Å². The SMILES string of the molecule is CC1CC[C@@H]2C[C@H](c3ccc(-c4ccc(C5=NC(C)(C)CO5)cc4)c(F)c3)CC[C@@H]2C1. The van der Waals surface area contributed by atoms with E-state index in [0.29, 0.717) is 24.0 Å². The van der Waals surface area contributed by atoms with Gasteiger partial charge in [-0.15, -0.1) is 0 Å². The number of fused-ring (bicyclic) bond motifs is 1. The Morgan fingerprint density at radius 2 is 1.61 bits per heavy atom. The number of nitrogens with zero attached hydrogens (tertiary/aromatic N) is 1. The second-order valence-corrected chi connectivity index (χ2v) is 10.8. The topological polar surface area (TPSA) is 21.6 Å². The van der Waals surface area contributed by atoms with Gasteiger partial charge < -0.3 is 4.74 Å². The van der Waals surface area contributed by atoms with Gasteiger partial charge in [-0.1, -0.05) is 37.6 Å². The largest absolute Gasteiger partial charge is 0.475 e. The van der Waals surface area contributed by atoms with Crippen molar-refractivity contribution in [1.29, 1.82) is 0 Å². The molecule has 164 valence electrons. The van der Waals surface area contributed by atoms with E-state index < -0.39 is 0 Å². The number of benzene rings is 2. The highest BCUT2D eigenvalue weighted by atomic mass is 19.1. The van der Waals surface area contributed by atoms with Crippen molar-refractivity contribution in [2.24, 2.45) is 22.7 Å². The van der Waals surface area contributed by atoms with Crippen LogP contribution in [0.1, 0.15) is 76.3 Å². The number of hydrogen-bond donors (Lipinski definition) is 0. The van der Waals surface area contributed by atoms with E-state index in [-0.39, 0.29) is 11.4 Å². The predicted octanol–water partition coefficient (Wildman–Crippen LogP) is 7.37. The molecule has 5 rings (SSSR count). The van der Waals surface area contributed by atoms with Crippen LogP contribution < -0.4 is 0 Å². The first-order valence-electron chi connectivity index (χ1n) is 12.0. The molecule has 0 spiro atoms. The molecule has 2 aliphatic carbocycles. The van der Waals surface area contributed by atoms with Gasteiger partial charge in [0.05, 0.1) is 5.54 Å². The molecule has 1 aliphatic heterocycles. The fourth-order valence-electron chi connectivity index (χ4n) is 5.97. The van der Waals surface area contributed by atoms with Crippen LogP contribution in [-0.2, 0) is 4.74 Å². The lowest BCUT2D eigenvalue weighted by molar-refractivity contribution is 0.124. The number of ether oxygens (including phenoxy) is 1. The zero-order valence-electron chi connectivity index (χ0n) is 19.0. The van der Waals surface area contributed by atoms with Crippen LogP contribution in [0, 0.1) is 23.6 Å². The molecule has 4 atom stereocenters. The van der Waals surface area contributed by atoms with Crippen molar-refractivity contribution in [3.63, 3.8) is 0 Å². The molecule has 0 aromatic heterocycles. The van der Waals surface area contributed by atoms with E-state index in [1.165, 1.54) is 44.1 Å². The monoisotopic (exact) mass is 419 g/mol. The Hall–Kier alpha value is -2.16. The zero-order chi connectivity index (χ0) is 21.6. The quantitative estimate of drug-likeness (QED) is 0.509. The molecule has 0 saturated heterocycles. The highest BCUT2D eigenvalue weighted by Crippen LogP contribution is 2.47. The fourth-order valence-corrected chi connectivity index (χ4v) is 5.97. The third-order valence-corrected chi connectivity index (χ3v) is 7.75. The second-order valence-electron chi connectivity index (χ2n) is 10.8. The first-order chi connectivity index (χ1) is 14.9. The van der Waals surface area contributed by atoms with Crippen LogP contribution in [0.15, 0.2) is 47.5 Å². The lowest BCUT2D eigenvalue weighted by Gasteiger charge is -2.41. The molecule has 3 heteroatoms. The smallest absolute Gasteiger partial charge is 0.216 e. The minimum atomic E-state index is -0.176. The third kappa shape index (κ3) is 4.29. The Morgan fingerprint density at radius 1 is 0.903 bits per heavy atom. The maximum atomic E-state index is 15.1. The molecule has 31 heavy (non-hydrogen) atoms. The molecule has 2 fully saturated rings. The minimum absolute atomic E-state index is 0.111. The first kappa shape index (κ1) is 20.7. The van der Waals surface area contributed by atoms with E-state index in [2.05, 4.69) is 31.8 Å². The number of aliphatic imine (C=N–C) groups is 1. The van der Waals surface area contributed by atoms with E-state index >= 15 is 4.39 Å². The van der Waals surface area contributed by atoms with Gasteiger partial charge in [0.15, 0.2) is 0 Å². The van der Waals surface area contributed by atoms with E-state index in [9.17, 15) is 0 Å². The normalized spacial score (nSPS) is 29.7. The van der Waals surface area contributed by atoms with E-state index in [1.54, 1.807) is 6.07 Å². The molecule has 2 saturated carbocycles. The molecule has 1 unspecified atom stereocenters. The van der Waals surface area contributed by atoms with E-state index in [0.717, 1.165) is 28.9 Å². The van der Waals surface area contributed by atoms with Gasteiger partial charge in [-0.3, -0.25) is 0 Å². The van der Waals surface area contributed by atoms with Gasteiger partial charge in [-0.2, -0.15) is 0 Å². The van der Waals surface area contributed by atoms with Crippen molar-refractivity contribution in [2.45, 2.75) is 70.8 Å². The van der Waals surface area contributed by atoms with Gasteiger partial charge in [0.2, 0.25) is 5.90 Å². The van der Waals surface area contributed by atoms with Gasteiger partial charge >= 0.3 is 0 Å². The summed E-state index contributed by atoms with van der Waals surface area (Å²) in [5, 5.41) is 0. The first-order valence-corrected chi connectivity index (χ1v) is 12.0. The Labute approximate surface area is 185 Å². The lowest BCUT2D eigenvalue weighted by atomic mass is 9.64. The number of halogens is 1. The van der Waals surface area contributed by atoms with Crippen LogP contribution in [0.3, 0.4) is 0 Å². The summed E-state index contributed by atoms with van der Waals surface area (Å²) in [4.78, 5) is 4.63. The highest BCUT2D eigenvalue weighted by molar-refractivity contribution is 5.95. The molecule has 0 N–H and O–H groups in total. The van der Waals surface area contributed by atoms with E-state index in [1.807, 2.05) is 30.3 Å². The van der Waals surface area contributed by atoms with Crippen LogP contribution >= 0.6 is 0 Å². The summed E-state index contributed by atoms with van der Waals surface area (Å²) in [6, 6.07) is 13.8. The maximum absolute atomic E-state index is 15.1. The van der Waals surface area contributed by atoms with Crippen LogP contribution in [-0.4, -0.2) is 18.0 Å². The molecule has 2 aromatic carbocycles. The average molecular weight is 420 g/mol. The molecule has 0 radical (unpaired) electrons. The summed E-state index contributed by atoms with van der Waals surface area (Å²) < 4.78 is 20.9. The van der Waals surface area contributed by atoms with Crippen molar-refractivity contribution in [2.75, 3.05) is 6.61 Å². The van der Waals surface area contributed by atoms with E-state index in [4.69, 9.17) is 4.74 Å². The van der Waals surface area contributed by atoms with Crippen LogP contribution in [0.4, 0.5) is 4.39 Å². The zero-order valence-corrected chi connectivity index (χ0v) is 19.0. The molecule has 3 aliphatic rings. The Balaban J connectivity index is 1.31. The maximum Gasteiger partial charge on any atom is 0.216 e. The van der Waals surface area contributed by atoms with Gasteiger partial charge in [0.25, 0.3) is 0 Å². The molecule has 0 bridgehead atoms. The molecule has 1 heterocycles. The van der Waals surface area contributed by atoms with Crippen LogP contribution in [0.2, 0.25) is 0 Å². The van der Waals surface area contributed by atoms with Crippen molar-refractivity contribution in [1.82, 2.24) is 0 Å². The van der Waals surface area contributed by atoms with Crippen molar-refractivity contribution in [3.05, 3.63) is 59.4 Å². The average Bonchev–Trinajstić information content (AvgIpc) is 3.13. The molecule has 0 amide bonds. The Bertz CT molecular complexity index is 977. The predicted molar refractivity (Wildman–Crippen MR) is 125 cm³/mol. The number of rotatable bonds is 3. The van der Waals surface area contributed by atoms with Gasteiger partial charge in [0.1, 0.15) is 12.4 Å². The standard InChI is InChI=1S/C28H34FNO/c1-18-4-5-22-15-23(11-10-21(22)14-18)24-12-13-25(26(29)16-24)19-6-8-20(9-7-19)27-30-28(2,3)17-31-27/h6-9,12-13,16,18,21-23H,4-5,10-11,14-15,17H2,1-3H3/t18?,21-,22-,23-/m1/s1. The fraction of sp³-hybridized carbons (Fsp3) is 0.536. The van der Waals surface area contributed by atoms with Crippen LogP contribution in [0.5, 0.6) is 0 Å². The molecule has 2 aromatic rings. The molecular formula is C28H34FNO. The summed E-state index contributed by atoms with van der Waals surface area (Å²) in [6.07, 6.45) is 7.89. The third-order valence-electron chi connectivity index (χ3n) is 7.75. The number of hydrogen-bond acceptors (Lipinski definition) is 2. The summed E-state index contributed by atoms with van der Waals surface area (Å²) in [5.74, 6) is 3.72. The van der Waals surface area contributed by atoms with Gasteiger partial charge in [-0.05, 0) is 98.9 Å². The second kappa shape index (κ2) is 8.07. The Morgan fingerprint density at radius 3 is 2.32 bits per heavy atom. The van der Waals surface area contributed by atoms with Gasteiger partial charge in [-0.25, -0.2) is 9.38 Å².